The van der Waals surface area contributed by atoms with E-state index in [9.17, 15) is 0 Å². The van der Waals surface area contributed by atoms with E-state index >= 15 is 0 Å². The monoisotopic (exact) mass is 351 g/mol. The predicted octanol–water partition coefficient (Wildman–Crippen LogP) is 4.72. The molecule has 6 heteroatoms. The van der Waals surface area contributed by atoms with Gasteiger partial charge in [-0.25, -0.2) is 9.97 Å². The molecule has 0 unspecified atom stereocenters. The van der Waals surface area contributed by atoms with Gasteiger partial charge in [0.05, 0.1) is 11.1 Å². The molecule has 0 saturated heterocycles. The number of aromatic nitrogens is 2. The fourth-order valence-corrected chi connectivity index (χ4v) is 2.83. The van der Waals surface area contributed by atoms with Gasteiger partial charge in [0, 0.05) is 21.4 Å². The summed E-state index contributed by atoms with van der Waals surface area (Å²) in [6, 6.07) is 7.66. The largest absolute Gasteiger partial charge is 0.242 e. The van der Waals surface area contributed by atoms with E-state index in [0.717, 1.165) is 15.2 Å². The van der Waals surface area contributed by atoms with Gasteiger partial charge in [-0.05, 0) is 17.5 Å². The zero-order valence-electron chi connectivity index (χ0n) is 9.28. The number of nitriles is 1. The quantitative estimate of drug-likeness (QED) is 0.434. The Morgan fingerprint density at radius 1 is 1.16 bits per heavy atom. The van der Waals surface area contributed by atoms with Crippen LogP contribution in [0.5, 0.6) is 0 Å². The van der Waals surface area contributed by atoms with E-state index in [-0.39, 0.29) is 0 Å². The molecule has 2 aromatic heterocycles. The van der Waals surface area contributed by atoms with Crippen LogP contribution >= 0.6 is 39.1 Å². The van der Waals surface area contributed by atoms with Crippen LogP contribution in [0.2, 0.25) is 10.3 Å². The second-order valence-corrected chi connectivity index (χ2v) is 5.52. The van der Waals surface area contributed by atoms with E-state index in [4.69, 9.17) is 28.5 Å². The predicted molar refractivity (Wildman–Crippen MR) is 79.5 cm³/mol. The lowest BCUT2D eigenvalue weighted by molar-refractivity contribution is 1.31. The highest BCUT2D eigenvalue weighted by Gasteiger charge is 2.14. The van der Waals surface area contributed by atoms with Gasteiger partial charge in [0.15, 0.2) is 0 Å². The Hall–Kier alpha value is -1.41. The smallest absolute Gasteiger partial charge is 0.139 e. The molecule has 92 valence electrons. The van der Waals surface area contributed by atoms with E-state index in [0.29, 0.717) is 26.8 Å². The van der Waals surface area contributed by atoms with Crippen molar-refractivity contribution in [2.75, 3.05) is 0 Å². The highest BCUT2D eigenvalue weighted by Crippen LogP contribution is 2.35. The topological polar surface area (TPSA) is 49.6 Å². The van der Waals surface area contributed by atoms with Crippen LogP contribution in [-0.2, 0) is 0 Å². The van der Waals surface area contributed by atoms with Gasteiger partial charge in [0.1, 0.15) is 16.4 Å². The van der Waals surface area contributed by atoms with Crippen LogP contribution in [0.1, 0.15) is 5.56 Å². The zero-order valence-corrected chi connectivity index (χ0v) is 12.4. The van der Waals surface area contributed by atoms with Crippen LogP contribution in [0.4, 0.5) is 0 Å². The molecule has 0 aliphatic heterocycles. The summed E-state index contributed by atoms with van der Waals surface area (Å²) >= 11 is 15.7. The van der Waals surface area contributed by atoms with Crippen molar-refractivity contribution < 1.29 is 0 Å². The van der Waals surface area contributed by atoms with Crippen LogP contribution in [0, 0.1) is 11.3 Å². The fraction of sp³-hybridized carbons (Fsp3) is 0. The van der Waals surface area contributed by atoms with Crippen molar-refractivity contribution in [3.05, 3.63) is 44.7 Å². The molecule has 0 bridgehead atoms. The van der Waals surface area contributed by atoms with E-state index < -0.39 is 0 Å². The molecule has 0 aliphatic carbocycles. The first-order chi connectivity index (χ1) is 9.11. The van der Waals surface area contributed by atoms with E-state index in [1.54, 1.807) is 0 Å². The van der Waals surface area contributed by atoms with Crippen LogP contribution in [0.15, 0.2) is 28.9 Å². The Kier molecular flexibility index (Phi) is 3.06. The van der Waals surface area contributed by atoms with Gasteiger partial charge in [0.2, 0.25) is 0 Å². The summed E-state index contributed by atoms with van der Waals surface area (Å²) in [5.41, 5.74) is 0.821. The summed E-state index contributed by atoms with van der Waals surface area (Å²) in [5.74, 6) is 0. The summed E-state index contributed by atoms with van der Waals surface area (Å²) in [4.78, 5) is 8.30. The summed E-state index contributed by atoms with van der Waals surface area (Å²) in [6.07, 6.45) is 1.40. The standard InChI is InChI=1S/C13H4BrCl2N3/c14-7-1-2-8-9(3-7)10-11(19-12(8)15)6(4-17)5-18-13(10)16/h1-3,5H. The lowest BCUT2D eigenvalue weighted by atomic mass is 10.1. The van der Waals surface area contributed by atoms with Gasteiger partial charge in [-0.1, -0.05) is 45.2 Å². The van der Waals surface area contributed by atoms with Crippen molar-refractivity contribution in [2.24, 2.45) is 0 Å². The molecule has 0 radical (unpaired) electrons. The Labute approximate surface area is 126 Å². The van der Waals surface area contributed by atoms with Crippen LogP contribution in [-0.4, -0.2) is 9.97 Å². The lowest BCUT2D eigenvalue weighted by Crippen LogP contribution is -1.91. The molecule has 0 atom stereocenters. The van der Waals surface area contributed by atoms with E-state index in [2.05, 4.69) is 25.9 Å². The second-order valence-electron chi connectivity index (χ2n) is 3.89. The van der Waals surface area contributed by atoms with Crippen molar-refractivity contribution >= 4 is 60.8 Å². The number of halogens is 3. The van der Waals surface area contributed by atoms with Gasteiger partial charge < -0.3 is 0 Å². The first-order valence-electron chi connectivity index (χ1n) is 5.25. The molecule has 3 rings (SSSR count). The van der Waals surface area contributed by atoms with Crippen LogP contribution in [0.3, 0.4) is 0 Å². The van der Waals surface area contributed by atoms with Crippen molar-refractivity contribution in [3.8, 4) is 6.07 Å². The molecule has 0 saturated carbocycles. The summed E-state index contributed by atoms with van der Waals surface area (Å²) in [7, 11) is 0. The fourth-order valence-electron chi connectivity index (χ4n) is 1.98. The molecule has 2 heterocycles. The van der Waals surface area contributed by atoms with Crippen molar-refractivity contribution in [3.63, 3.8) is 0 Å². The molecule has 0 fully saturated rings. The minimum absolute atomic E-state index is 0.307. The lowest BCUT2D eigenvalue weighted by Gasteiger charge is -2.08. The molecule has 1 aromatic carbocycles. The number of benzene rings is 1. The van der Waals surface area contributed by atoms with Crippen LogP contribution < -0.4 is 0 Å². The Morgan fingerprint density at radius 3 is 2.68 bits per heavy atom. The molecule has 3 aromatic rings. The summed E-state index contributed by atoms with van der Waals surface area (Å²) < 4.78 is 0.891. The Bertz CT molecular complexity index is 871. The van der Waals surface area contributed by atoms with Crippen molar-refractivity contribution in [1.29, 1.82) is 5.26 Å². The van der Waals surface area contributed by atoms with Crippen molar-refractivity contribution in [2.45, 2.75) is 0 Å². The number of rotatable bonds is 0. The zero-order chi connectivity index (χ0) is 13.6. The van der Waals surface area contributed by atoms with Gasteiger partial charge in [0.25, 0.3) is 0 Å². The maximum Gasteiger partial charge on any atom is 0.139 e. The summed E-state index contributed by atoms with van der Waals surface area (Å²) in [5, 5.41) is 12.0. The molecule has 0 spiro atoms. The summed E-state index contributed by atoms with van der Waals surface area (Å²) in [6.45, 7) is 0. The molecule has 0 amide bonds. The molecule has 0 aliphatic rings. The first kappa shape index (κ1) is 12.6. The van der Waals surface area contributed by atoms with Gasteiger partial charge in [-0.3, -0.25) is 0 Å². The average molecular weight is 353 g/mol. The molecular weight excluding hydrogens is 349 g/mol. The molecular formula is C13H4BrCl2N3. The van der Waals surface area contributed by atoms with E-state index in [1.807, 2.05) is 24.3 Å². The third-order valence-corrected chi connectivity index (χ3v) is 3.88. The van der Waals surface area contributed by atoms with E-state index in [1.165, 1.54) is 6.20 Å². The Balaban J connectivity index is 2.67. The average Bonchev–Trinajstić information content (AvgIpc) is 2.38. The minimum atomic E-state index is 0.307. The maximum absolute atomic E-state index is 9.12. The molecule has 0 N–H and O–H groups in total. The maximum atomic E-state index is 9.12. The van der Waals surface area contributed by atoms with Gasteiger partial charge in [-0.2, -0.15) is 5.26 Å². The number of hydrogen-bond acceptors (Lipinski definition) is 3. The number of fused-ring (bicyclic) bond motifs is 3. The second kappa shape index (κ2) is 4.61. The third-order valence-electron chi connectivity index (χ3n) is 2.81. The third kappa shape index (κ3) is 1.95. The normalized spacial score (nSPS) is 10.8. The minimum Gasteiger partial charge on any atom is -0.242 e. The Morgan fingerprint density at radius 2 is 1.95 bits per heavy atom. The SMILES string of the molecule is N#Cc1cnc(Cl)c2c1nc(Cl)c1ccc(Br)cc12. The highest BCUT2D eigenvalue weighted by molar-refractivity contribution is 9.10. The molecule has 19 heavy (non-hydrogen) atoms. The van der Waals surface area contributed by atoms with Crippen LogP contribution in [0.25, 0.3) is 21.7 Å². The number of nitrogens with zero attached hydrogens (tertiary/aromatic N) is 3. The van der Waals surface area contributed by atoms with Gasteiger partial charge in [-0.15, -0.1) is 0 Å². The van der Waals surface area contributed by atoms with Gasteiger partial charge >= 0.3 is 0 Å². The number of hydrogen-bond donors (Lipinski definition) is 0. The molecule has 3 nitrogen and oxygen atoms in total. The highest BCUT2D eigenvalue weighted by atomic mass is 79.9. The first-order valence-corrected chi connectivity index (χ1v) is 6.80. The number of pyridine rings is 2. The van der Waals surface area contributed by atoms with Crippen molar-refractivity contribution in [1.82, 2.24) is 9.97 Å².